The number of nitrogens with zero attached hydrogens (tertiary/aromatic N) is 1. The van der Waals surface area contributed by atoms with E-state index in [9.17, 15) is 4.79 Å². The summed E-state index contributed by atoms with van der Waals surface area (Å²) in [5.41, 5.74) is 4.85. The van der Waals surface area contributed by atoms with E-state index in [1.54, 1.807) is 0 Å². The SMILES string of the molecule is CC1=CC(C)=C2C=C(C(=O)NC3CCCCC3)N(C)C2C1. The number of nitrogens with one attached hydrogen (secondary N) is 1. The Kier molecular flexibility index (Phi) is 3.92. The molecule has 0 aromatic heterocycles. The molecule has 1 amide bonds. The molecule has 1 unspecified atom stereocenters. The van der Waals surface area contributed by atoms with E-state index < -0.39 is 0 Å². The van der Waals surface area contributed by atoms with Gasteiger partial charge in [-0.05, 0) is 50.3 Å². The maximum atomic E-state index is 12.6. The van der Waals surface area contributed by atoms with Crippen molar-refractivity contribution in [2.45, 2.75) is 64.5 Å². The lowest BCUT2D eigenvalue weighted by atomic mass is 9.90. The zero-order valence-corrected chi connectivity index (χ0v) is 13.4. The number of fused-ring (bicyclic) bond motifs is 1. The van der Waals surface area contributed by atoms with E-state index in [2.05, 4.69) is 43.3 Å². The van der Waals surface area contributed by atoms with Crippen LogP contribution in [0.2, 0.25) is 0 Å². The summed E-state index contributed by atoms with van der Waals surface area (Å²) >= 11 is 0. The van der Waals surface area contributed by atoms with Crippen LogP contribution < -0.4 is 5.32 Å². The summed E-state index contributed by atoms with van der Waals surface area (Å²) < 4.78 is 0. The largest absolute Gasteiger partial charge is 0.363 e. The van der Waals surface area contributed by atoms with Crippen LogP contribution in [0.1, 0.15) is 52.4 Å². The Morgan fingerprint density at radius 2 is 1.90 bits per heavy atom. The Hall–Kier alpha value is -1.51. The van der Waals surface area contributed by atoms with Crippen LogP contribution in [0.25, 0.3) is 0 Å². The number of hydrogen-bond acceptors (Lipinski definition) is 2. The minimum absolute atomic E-state index is 0.108. The highest BCUT2D eigenvalue weighted by Crippen LogP contribution is 2.35. The molecule has 1 heterocycles. The Morgan fingerprint density at radius 3 is 2.62 bits per heavy atom. The maximum absolute atomic E-state index is 12.6. The molecule has 1 aliphatic heterocycles. The van der Waals surface area contributed by atoms with Crippen LogP contribution in [-0.2, 0) is 4.79 Å². The van der Waals surface area contributed by atoms with Crippen molar-refractivity contribution in [3.05, 3.63) is 34.6 Å². The standard InChI is InChI=1S/C18H26N2O/c1-12-9-13(2)15-11-17(20(3)16(15)10-12)18(21)19-14-7-5-4-6-8-14/h9,11,14,16H,4-8,10H2,1-3H3,(H,19,21). The van der Waals surface area contributed by atoms with Gasteiger partial charge in [-0.15, -0.1) is 0 Å². The highest BCUT2D eigenvalue weighted by molar-refractivity contribution is 5.94. The fourth-order valence-corrected chi connectivity index (χ4v) is 3.89. The Bertz CT molecular complexity index is 535. The van der Waals surface area contributed by atoms with Gasteiger partial charge in [0.25, 0.3) is 5.91 Å². The van der Waals surface area contributed by atoms with Gasteiger partial charge in [0.15, 0.2) is 0 Å². The van der Waals surface area contributed by atoms with Gasteiger partial charge in [0.05, 0.1) is 6.04 Å². The topological polar surface area (TPSA) is 32.3 Å². The Labute approximate surface area is 127 Å². The van der Waals surface area contributed by atoms with Crippen LogP contribution in [0.4, 0.5) is 0 Å². The van der Waals surface area contributed by atoms with Crippen LogP contribution in [0, 0.1) is 0 Å². The van der Waals surface area contributed by atoms with E-state index in [4.69, 9.17) is 0 Å². The average molecular weight is 286 g/mol. The van der Waals surface area contributed by atoms with Gasteiger partial charge < -0.3 is 10.2 Å². The maximum Gasteiger partial charge on any atom is 0.267 e. The Morgan fingerprint density at radius 1 is 1.19 bits per heavy atom. The summed E-state index contributed by atoms with van der Waals surface area (Å²) in [7, 11) is 2.05. The first kappa shape index (κ1) is 14.4. The Balaban J connectivity index is 1.75. The van der Waals surface area contributed by atoms with Crippen LogP contribution >= 0.6 is 0 Å². The quantitative estimate of drug-likeness (QED) is 0.844. The summed E-state index contributed by atoms with van der Waals surface area (Å²) in [6.45, 7) is 4.32. The van der Waals surface area contributed by atoms with E-state index in [0.717, 1.165) is 25.0 Å². The van der Waals surface area contributed by atoms with Crippen LogP contribution in [0.3, 0.4) is 0 Å². The van der Waals surface area contributed by atoms with Crippen molar-refractivity contribution in [2.75, 3.05) is 7.05 Å². The van der Waals surface area contributed by atoms with Crippen molar-refractivity contribution in [1.82, 2.24) is 10.2 Å². The van der Waals surface area contributed by atoms with E-state index in [-0.39, 0.29) is 5.91 Å². The zero-order chi connectivity index (χ0) is 15.0. The molecule has 0 aromatic rings. The minimum Gasteiger partial charge on any atom is -0.363 e. The third kappa shape index (κ3) is 2.78. The minimum atomic E-state index is 0.108. The number of likely N-dealkylation sites (N-methyl/N-ethyl adjacent to an activating group) is 1. The molecule has 3 aliphatic rings. The van der Waals surface area contributed by atoms with Crippen molar-refractivity contribution in [3.8, 4) is 0 Å². The van der Waals surface area contributed by atoms with Crippen LogP contribution in [-0.4, -0.2) is 29.9 Å². The summed E-state index contributed by atoms with van der Waals surface area (Å²) in [5.74, 6) is 0.108. The van der Waals surface area contributed by atoms with E-state index >= 15 is 0 Å². The summed E-state index contributed by atoms with van der Waals surface area (Å²) in [6, 6.07) is 0.722. The second-order valence-corrected chi connectivity index (χ2v) is 6.80. The monoisotopic (exact) mass is 286 g/mol. The van der Waals surface area contributed by atoms with Gasteiger partial charge >= 0.3 is 0 Å². The molecule has 1 N–H and O–H groups in total. The lowest BCUT2D eigenvalue weighted by molar-refractivity contribution is -0.119. The number of amides is 1. The van der Waals surface area contributed by atoms with Gasteiger partial charge in [-0.25, -0.2) is 0 Å². The lowest BCUT2D eigenvalue weighted by Gasteiger charge is -2.30. The van der Waals surface area contributed by atoms with Gasteiger partial charge in [-0.2, -0.15) is 0 Å². The number of carbonyl (C=O) groups is 1. The fraction of sp³-hybridized carbons (Fsp3) is 0.611. The average Bonchev–Trinajstić information content (AvgIpc) is 2.78. The van der Waals surface area contributed by atoms with Gasteiger partial charge in [0.2, 0.25) is 0 Å². The van der Waals surface area contributed by atoms with Gasteiger partial charge in [0.1, 0.15) is 5.70 Å². The summed E-state index contributed by atoms with van der Waals surface area (Å²) in [5, 5.41) is 3.24. The molecular weight excluding hydrogens is 260 g/mol. The third-order valence-electron chi connectivity index (χ3n) is 5.11. The molecule has 114 valence electrons. The molecule has 0 saturated heterocycles. The lowest BCUT2D eigenvalue weighted by Crippen LogP contribution is -2.41. The summed E-state index contributed by atoms with van der Waals surface area (Å²) in [4.78, 5) is 14.8. The molecule has 3 nitrogen and oxygen atoms in total. The zero-order valence-electron chi connectivity index (χ0n) is 13.4. The van der Waals surface area contributed by atoms with E-state index in [1.807, 2.05) is 0 Å². The first-order valence-corrected chi connectivity index (χ1v) is 8.19. The molecule has 0 radical (unpaired) electrons. The molecule has 0 spiro atoms. The molecular formula is C18H26N2O. The molecule has 1 atom stereocenters. The van der Waals surface area contributed by atoms with Crippen LogP contribution in [0.5, 0.6) is 0 Å². The van der Waals surface area contributed by atoms with Crippen molar-refractivity contribution in [1.29, 1.82) is 0 Å². The van der Waals surface area contributed by atoms with Gasteiger partial charge in [-0.1, -0.05) is 30.9 Å². The van der Waals surface area contributed by atoms with E-state index in [0.29, 0.717) is 12.1 Å². The van der Waals surface area contributed by atoms with Crippen LogP contribution in [0.15, 0.2) is 34.6 Å². The molecule has 21 heavy (non-hydrogen) atoms. The molecule has 0 bridgehead atoms. The number of carbonyl (C=O) groups excluding carboxylic acids is 1. The highest BCUT2D eigenvalue weighted by Gasteiger charge is 2.34. The molecule has 2 aliphatic carbocycles. The molecule has 0 aromatic carbocycles. The first-order valence-electron chi connectivity index (χ1n) is 8.19. The predicted octanol–water partition coefficient (Wildman–Crippen LogP) is 3.30. The van der Waals surface area contributed by atoms with Crippen molar-refractivity contribution in [3.63, 3.8) is 0 Å². The molecule has 1 saturated carbocycles. The number of allylic oxidation sites excluding steroid dienone is 2. The molecule has 3 heteroatoms. The van der Waals surface area contributed by atoms with Crippen molar-refractivity contribution >= 4 is 5.91 Å². The second kappa shape index (κ2) is 5.70. The summed E-state index contributed by atoms with van der Waals surface area (Å²) in [6.07, 6.45) is 11.4. The second-order valence-electron chi connectivity index (χ2n) is 6.80. The van der Waals surface area contributed by atoms with Crippen molar-refractivity contribution < 1.29 is 4.79 Å². The van der Waals surface area contributed by atoms with Gasteiger partial charge in [0, 0.05) is 13.1 Å². The number of rotatable bonds is 2. The normalized spacial score (nSPS) is 26.4. The first-order chi connectivity index (χ1) is 10.1. The smallest absolute Gasteiger partial charge is 0.267 e. The third-order valence-corrected chi connectivity index (χ3v) is 5.11. The predicted molar refractivity (Wildman–Crippen MR) is 85.7 cm³/mol. The van der Waals surface area contributed by atoms with Gasteiger partial charge in [-0.3, -0.25) is 4.79 Å². The fourth-order valence-electron chi connectivity index (χ4n) is 3.89. The molecule has 3 rings (SSSR count). The van der Waals surface area contributed by atoms with E-state index in [1.165, 1.54) is 36.0 Å². The molecule has 1 fully saturated rings. The number of hydrogen-bond donors (Lipinski definition) is 1. The highest BCUT2D eigenvalue weighted by atomic mass is 16.2. The van der Waals surface area contributed by atoms with Crippen molar-refractivity contribution in [2.24, 2.45) is 0 Å².